The van der Waals surface area contributed by atoms with E-state index in [1.54, 1.807) is 19.2 Å². The van der Waals surface area contributed by atoms with Gasteiger partial charge in [-0.1, -0.05) is 25.2 Å². The predicted octanol–water partition coefficient (Wildman–Crippen LogP) is 3.45. The average molecular weight is 428 g/mol. The van der Waals surface area contributed by atoms with E-state index < -0.39 is 15.8 Å². The number of anilines is 1. The van der Waals surface area contributed by atoms with Crippen molar-refractivity contribution in [2.24, 2.45) is 4.36 Å². The van der Waals surface area contributed by atoms with Gasteiger partial charge in [0.25, 0.3) is 0 Å². The number of rotatable bonds is 5. The van der Waals surface area contributed by atoms with Crippen LogP contribution in [-0.4, -0.2) is 53.0 Å². The Morgan fingerprint density at radius 3 is 2.75 bits per heavy atom. The maximum absolute atomic E-state index is 14.8. The lowest BCUT2D eigenvalue weighted by Crippen LogP contribution is -2.33. The molecule has 1 amide bonds. The predicted molar refractivity (Wildman–Crippen MR) is 113 cm³/mol. The highest BCUT2D eigenvalue weighted by atomic mass is 32.2. The van der Waals surface area contributed by atoms with Crippen molar-refractivity contribution in [1.82, 2.24) is 5.32 Å². The van der Waals surface area contributed by atoms with Crippen LogP contribution in [0, 0.1) is 5.82 Å². The second-order valence-corrected chi connectivity index (χ2v) is 10.3. The molecular formula is C19H26FN3O3S2. The first kappa shape index (κ1) is 21.0. The van der Waals surface area contributed by atoms with Gasteiger partial charge in [0, 0.05) is 28.3 Å². The molecule has 0 spiro atoms. The number of ether oxygens (including phenoxy) is 1. The summed E-state index contributed by atoms with van der Waals surface area (Å²) < 4.78 is 36.4. The van der Waals surface area contributed by atoms with Gasteiger partial charge in [-0.25, -0.2) is 17.8 Å². The fourth-order valence-electron chi connectivity index (χ4n) is 3.60. The molecule has 2 saturated heterocycles. The average Bonchev–Trinajstić information content (AvgIpc) is 3.07. The Bertz CT molecular complexity index is 869. The summed E-state index contributed by atoms with van der Waals surface area (Å²) in [4.78, 5) is 14.3. The fraction of sp³-hybridized carbons (Fsp3) is 0.579. The first-order valence-corrected chi connectivity index (χ1v) is 11.8. The SMILES string of the molecule is CCC(=S)NC[C@H]1CN(c2ccc(C3CCS(=O)(=NC)CC3)c(F)c2)C(=O)O1. The van der Waals surface area contributed by atoms with Crippen molar-refractivity contribution in [3.05, 3.63) is 29.6 Å². The minimum absolute atomic E-state index is 0.0305. The smallest absolute Gasteiger partial charge is 0.414 e. The minimum Gasteiger partial charge on any atom is -0.442 e. The Labute approximate surface area is 171 Å². The van der Waals surface area contributed by atoms with Crippen molar-refractivity contribution in [2.45, 2.75) is 38.2 Å². The zero-order valence-electron chi connectivity index (χ0n) is 16.2. The maximum atomic E-state index is 14.8. The van der Waals surface area contributed by atoms with E-state index in [-0.39, 0.29) is 17.8 Å². The third-order valence-electron chi connectivity index (χ3n) is 5.36. The second-order valence-electron chi connectivity index (χ2n) is 7.12. The summed E-state index contributed by atoms with van der Waals surface area (Å²) in [7, 11) is -0.523. The Hall–Kier alpha value is -1.74. The Morgan fingerprint density at radius 2 is 2.14 bits per heavy atom. The molecule has 1 aromatic rings. The van der Waals surface area contributed by atoms with Crippen LogP contribution >= 0.6 is 12.2 Å². The van der Waals surface area contributed by atoms with Gasteiger partial charge in [-0.15, -0.1) is 0 Å². The fourth-order valence-corrected chi connectivity index (χ4v) is 5.56. The van der Waals surface area contributed by atoms with Crippen LogP contribution in [-0.2, 0) is 14.5 Å². The van der Waals surface area contributed by atoms with E-state index in [1.165, 1.54) is 11.0 Å². The van der Waals surface area contributed by atoms with E-state index in [0.717, 1.165) is 11.4 Å². The van der Waals surface area contributed by atoms with Crippen molar-refractivity contribution in [3.63, 3.8) is 0 Å². The number of carbonyl (C=O) groups is 1. The van der Waals surface area contributed by atoms with Crippen LogP contribution in [0.15, 0.2) is 22.6 Å². The molecule has 3 rings (SSSR count). The number of cyclic esters (lactones) is 1. The third kappa shape index (κ3) is 4.63. The van der Waals surface area contributed by atoms with Crippen LogP contribution < -0.4 is 10.2 Å². The monoisotopic (exact) mass is 427 g/mol. The third-order valence-corrected chi connectivity index (χ3v) is 8.21. The summed E-state index contributed by atoms with van der Waals surface area (Å²) in [6, 6.07) is 4.87. The largest absolute Gasteiger partial charge is 0.442 e. The van der Waals surface area contributed by atoms with Crippen LogP contribution in [0.2, 0.25) is 0 Å². The molecular weight excluding hydrogens is 401 g/mol. The van der Waals surface area contributed by atoms with Crippen LogP contribution in [0.4, 0.5) is 14.9 Å². The molecule has 2 aliphatic heterocycles. The Kier molecular flexibility index (Phi) is 6.54. The Balaban J connectivity index is 1.66. The highest BCUT2D eigenvalue weighted by molar-refractivity contribution is 7.93. The zero-order chi connectivity index (χ0) is 20.3. The molecule has 1 N–H and O–H groups in total. The van der Waals surface area contributed by atoms with Crippen molar-refractivity contribution in [3.8, 4) is 0 Å². The minimum atomic E-state index is -2.11. The molecule has 2 heterocycles. The zero-order valence-corrected chi connectivity index (χ0v) is 17.8. The van der Waals surface area contributed by atoms with Gasteiger partial charge in [0.15, 0.2) is 0 Å². The summed E-state index contributed by atoms with van der Waals surface area (Å²) in [5.41, 5.74) is 1.09. The van der Waals surface area contributed by atoms with Gasteiger partial charge in [-0.05, 0) is 42.9 Å². The Morgan fingerprint density at radius 1 is 1.43 bits per heavy atom. The molecule has 9 heteroatoms. The molecule has 0 radical (unpaired) electrons. The van der Waals surface area contributed by atoms with E-state index >= 15 is 0 Å². The lowest BCUT2D eigenvalue weighted by atomic mass is 9.93. The van der Waals surface area contributed by atoms with Crippen LogP contribution in [0.5, 0.6) is 0 Å². The van der Waals surface area contributed by atoms with E-state index in [0.29, 0.717) is 48.7 Å². The number of thiocarbonyl (C=S) groups is 1. The quantitative estimate of drug-likeness (QED) is 0.729. The van der Waals surface area contributed by atoms with Crippen molar-refractivity contribution in [2.75, 3.05) is 36.5 Å². The van der Waals surface area contributed by atoms with Gasteiger partial charge in [0.05, 0.1) is 23.8 Å². The van der Waals surface area contributed by atoms with Gasteiger partial charge in [-0.2, -0.15) is 0 Å². The molecule has 28 heavy (non-hydrogen) atoms. The summed E-state index contributed by atoms with van der Waals surface area (Å²) in [5, 5.41) is 3.06. The number of nitrogens with one attached hydrogen (secondary N) is 1. The number of benzene rings is 1. The summed E-state index contributed by atoms with van der Waals surface area (Å²) >= 11 is 5.12. The van der Waals surface area contributed by atoms with Gasteiger partial charge < -0.3 is 10.1 Å². The number of nitrogens with zero attached hydrogens (tertiary/aromatic N) is 2. The molecule has 2 fully saturated rings. The van der Waals surface area contributed by atoms with Crippen LogP contribution in [0.1, 0.15) is 37.7 Å². The van der Waals surface area contributed by atoms with Gasteiger partial charge in [-0.3, -0.25) is 4.90 Å². The summed E-state index contributed by atoms with van der Waals surface area (Å²) in [6.45, 7) is 2.74. The number of amides is 1. The van der Waals surface area contributed by atoms with Gasteiger partial charge in [0.2, 0.25) is 0 Å². The van der Waals surface area contributed by atoms with Gasteiger partial charge >= 0.3 is 6.09 Å². The standard InChI is InChI=1S/C19H26FN3O3S2/c1-3-18(27)22-11-15-12-23(19(24)26-15)14-4-5-16(17(20)10-14)13-6-8-28(25,21-2)9-7-13/h4-5,10,13,15H,3,6-9,11-12H2,1-2H3,(H,22,27)/t13?,15-,28?/m0/s1. The van der Waals surface area contributed by atoms with Crippen molar-refractivity contribution in [1.29, 1.82) is 0 Å². The molecule has 6 nitrogen and oxygen atoms in total. The molecule has 1 atom stereocenters. The number of carbonyl (C=O) groups excluding carboxylic acids is 1. The van der Waals surface area contributed by atoms with E-state index in [4.69, 9.17) is 17.0 Å². The van der Waals surface area contributed by atoms with Gasteiger partial charge in [0.1, 0.15) is 11.9 Å². The summed E-state index contributed by atoms with van der Waals surface area (Å²) in [5.74, 6) is 0.693. The van der Waals surface area contributed by atoms with Crippen LogP contribution in [0.3, 0.4) is 0 Å². The molecule has 1 aromatic carbocycles. The molecule has 0 aromatic heterocycles. The van der Waals surface area contributed by atoms with E-state index in [9.17, 15) is 13.4 Å². The van der Waals surface area contributed by atoms with Crippen LogP contribution in [0.25, 0.3) is 0 Å². The summed E-state index contributed by atoms with van der Waals surface area (Å²) in [6.07, 6.45) is 1.23. The molecule has 0 bridgehead atoms. The molecule has 0 unspecified atom stereocenters. The van der Waals surface area contributed by atoms with Crippen molar-refractivity contribution >= 4 is 38.7 Å². The number of halogens is 1. The number of hydrogen-bond acceptors (Lipinski definition) is 5. The lowest BCUT2D eigenvalue weighted by molar-refractivity contribution is 0.143. The molecule has 0 saturated carbocycles. The topological polar surface area (TPSA) is 71.0 Å². The first-order valence-electron chi connectivity index (χ1n) is 9.50. The van der Waals surface area contributed by atoms with Crippen molar-refractivity contribution < 1.29 is 18.1 Å². The molecule has 0 aliphatic carbocycles. The highest BCUT2D eigenvalue weighted by Crippen LogP contribution is 2.33. The first-order chi connectivity index (χ1) is 13.3. The highest BCUT2D eigenvalue weighted by Gasteiger charge is 2.33. The van der Waals surface area contributed by atoms with E-state index in [2.05, 4.69) is 9.68 Å². The lowest BCUT2D eigenvalue weighted by Gasteiger charge is -2.25. The van der Waals surface area contributed by atoms with E-state index in [1.807, 2.05) is 6.92 Å². The molecule has 154 valence electrons. The maximum Gasteiger partial charge on any atom is 0.414 e. The number of hydrogen-bond donors (Lipinski definition) is 1. The molecule has 2 aliphatic rings. The second kappa shape index (κ2) is 8.73. The normalized spacial score (nSPS) is 27.4.